The van der Waals surface area contributed by atoms with E-state index in [0.717, 1.165) is 25.7 Å². The summed E-state index contributed by atoms with van der Waals surface area (Å²) in [5, 5.41) is 5.67. The third-order valence-corrected chi connectivity index (χ3v) is 8.12. The molecule has 0 bridgehead atoms. The number of rotatable bonds is 29. The van der Waals surface area contributed by atoms with Crippen molar-refractivity contribution in [3.05, 3.63) is 0 Å². The van der Waals surface area contributed by atoms with Crippen molar-refractivity contribution in [2.24, 2.45) is 10.9 Å². The maximum absolute atomic E-state index is 13.0. The van der Waals surface area contributed by atoms with Gasteiger partial charge in [-0.2, -0.15) is 0 Å². The van der Waals surface area contributed by atoms with Crippen molar-refractivity contribution >= 4 is 23.8 Å². The first kappa shape index (κ1) is 43.9. The van der Waals surface area contributed by atoms with Crippen LogP contribution in [0, 0.1) is 5.92 Å². The number of carbonyl (C=O) groups excluding carboxylic acids is 3. The van der Waals surface area contributed by atoms with E-state index >= 15 is 0 Å². The molecule has 0 aliphatic rings. The molecule has 0 heterocycles. The molecule has 0 fully saturated rings. The van der Waals surface area contributed by atoms with E-state index < -0.39 is 17.6 Å². The number of carbonyl (C=O) groups is 3. The number of nitrogens with zero attached hydrogens (tertiary/aromatic N) is 1. The molecule has 0 aliphatic heterocycles. The Morgan fingerprint density at radius 1 is 0.674 bits per heavy atom. The third kappa shape index (κ3) is 30.5. The SMILES string of the molecule is CCCCCCCCCCCCCCCCOC(=O)C[C@@H](CCCN=C(C)NC(=O)OC(C)(C)C)C(=O)NCCCCCCCC. The summed E-state index contributed by atoms with van der Waals surface area (Å²) >= 11 is 0. The van der Waals surface area contributed by atoms with Crippen LogP contribution in [0.1, 0.15) is 189 Å². The van der Waals surface area contributed by atoms with Crippen LogP contribution in [0.25, 0.3) is 0 Å². The summed E-state index contributed by atoms with van der Waals surface area (Å²) in [6.45, 7) is 13.1. The Balaban J connectivity index is 4.38. The monoisotopic (exact) mass is 652 g/mol. The molecule has 270 valence electrons. The predicted octanol–water partition coefficient (Wildman–Crippen LogP) is 10.2. The fraction of sp³-hybridized carbons (Fsp3) is 0.895. The van der Waals surface area contributed by atoms with Gasteiger partial charge in [0.2, 0.25) is 5.91 Å². The lowest BCUT2D eigenvalue weighted by atomic mass is 9.98. The van der Waals surface area contributed by atoms with E-state index in [1.807, 2.05) is 20.8 Å². The first-order valence-corrected chi connectivity index (χ1v) is 19.0. The number of amidine groups is 1. The standard InChI is InChI=1S/C38H73N3O5/c1-7-9-11-13-15-16-17-18-19-20-21-22-24-26-31-45-35(42)32-34(36(43)40-29-25-23-14-12-10-8-2)28-27-30-39-33(3)41-37(44)46-38(4,5)6/h34H,7-32H2,1-6H3,(H,40,43)(H,39,41,44)/t34-/m1/s1. The minimum Gasteiger partial charge on any atom is -0.466 e. The smallest absolute Gasteiger partial charge is 0.413 e. The van der Waals surface area contributed by atoms with Crippen molar-refractivity contribution < 1.29 is 23.9 Å². The van der Waals surface area contributed by atoms with E-state index in [2.05, 4.69) is 29.5 Å². The summed E-state index contributed by atoms with van der Waals surface area (Å²) in [6.07, 6.45) is 25.6. The fourth-order valence-electron chi connectivity index (χ4n) is 5.41. The zero-order valence-corrected chi connectivity index (χ0v) is 31.0. The molecule has 1 atom stereocenters. The molecule has 0 aromatic carbocycles. The molecule has 8 heteroatoms. The highest BCUT2D eigenvalue weighted by Gasteiger charge is 2.22. The Labute approximate surface area is 283 Å². The number of alkyl carbamates (subject to hydrolysis) is 1. The molecule has 0 spiro atoms. The molecular weight excluding hydrogens is 578 g/mol. The Kier molecular flexibility index (Phi) is 28.8. The molecule has 46 heavy (non-hydrogen) atoms. The van der Waals surface area contributed by atoms with Crippen LogP contribution in [0.15, 0.2) is 4.99 Å². The summed E-state index contributed by atoms with van der Waals surface area (Å²) in [4.78, 5) is 42.0. The van der Waals surface area contributed by atoms with Crippen molar-refractivity contribution in [1.82, 2.24) is 10.6 Å². The third-order valence-electron chi connectivity index (χ3n) is 8.12. The largest absolute Gasteiger partial charge is 0.466 e. The number of unbranched alkanes of at least 4 members (excludes halogenated alkanes) is 18. The Bertz CT molecular complexity index is 794. The van der Waals surface area contributed by atoms with Gasteiger partial charge < -0.3 is 14.8 Å². The summed E-state index contributed by atoms with van der Waals surface area (Å²) < 4.78 is 10.8. The number of hydrogen-bond acceptors (Lipinski definition) is 6. The highest BCUT2D eigenvalue weighted by Crippen LogP contribution is 2.16. The van der Waals surface area contributed by atoms with Crippen LogP contribution >= 0.6 is 0 Å². The molecule has 0 saturated carbocycles. The number of hydrogen-bond donors (Lipinski definition) is 2. The van der Waals surface area contributed by atoms with Crippen LogP contribution in [-0.4, -0.2) is 49.1 Å². The molecule has 0 radical (unpaired) electrons. The number of nitrogens with one attached hydrogen (secondary N) is 2. The Hall–Kier alpha value is -2.12. The Morgan fingerprint density at radius 3 is 1.65 bits per heavy atom. The second-order valence-corrected chi connectivity index (χ2v) is 14.0. The van der Waals surface area contributed by atoms with Crippen LogP contribution in [0.3, 0.4) is 0 Å². The molecule has 0 aromatic heterocycles. The van der Waals surface area contributed by atoms with Crippen molar-refractivity contribution in [3.8, 4) is 0 Å². The number of aliphatic imine (C=N–C) groups is 1. The van der Waals surface area contributed by atoms with E-state index in [-0.39, 0.29) is 18.3 Å². The maximum Gasteiger partial charge on any atom is 0.413 e. The molecule has 0 aliphatic carbocycles. The number of amides is 2. The topological polar surface area (TPSA) is 106 Å². The van der Waals surface area contributed by atoms with Crippen molar-refractivity contribution in [3.63, 3.8) is 0 Å². The molecule has 8 nitrogen and oxygen atoms in total. The van der Waals surface area contributed by atoms with E-state index in [1.165, 1.54) is 103 Å². The lowest BCUT2D eigenvalue weighted by Crippen LogP contribution is -2.35. The van der Waals surface area contributed by atoms with Crippen LogP contribution in [-0.2, 0) is 19.1 Å². The minimum atomic E-state index is -0.582. The van der Waals surface area contributed by atoms with Gasteiger partial charge >= 0.3 is 12.1 Å². The lowest BCUT2D eigenvalue weighted by Gasteiger charge is -2.19. The molecule has 0 aromatic rings. The second kappa shape index (κ2) is 30.2. The number of ether oxygens (including phenoxy) is 2. The van der Waals surface area contributed by atoms with Gasteiger partial charge in [-0.25, -0.2) is 4.79 Å². The van der Waals surface area contributed by atoms with Gasteiger partial charge in [0.15, 0.2) is 0 Å². The molecule has 0 rings (SSSR count). The molecule has 0 saturated heterocycles. The van der Waals surface area contributed by atoms with Gasteiger partial charge in [-0.05, 0) is 53.4 Å². The van der Waals surface area contributed by atoms with Crippen molar-refractivity contribution in [2.45, 2.75) is 195 Å². The van der Waals surface area contributed by atoms with Gasteiger partial charge in [-0.3, -0.25) is 19.9 Å². The molecule has 2 N–H and O–H groups in total. The average Bonchev–Trinajstić information content (AvgIpc) is 2.99. The van der Waals surface area contributed by atoms with Gasteiger partial charge in [-0.15, -0.1) is 0 Å². The van der Waals surface area contributed by atoms with E-state index in [9.17, 15) is 14.4 Å². The van der Waals surface area contributed by atoms with Gasteiger partial charge in [0.1, 0.15) is 11.4 Å². The van der Waals surface area contributed by atoms with Crippen LogP contribution in [0.5, 0.6) is 0 Å². The predicted molar refractivity (Wildman–Crippen MR) is 192 cm³/mol. The summed E-state index contributed by atoms with van der Waals surface area (Å²) in [5.41, 5.74) is -0.582. The lowest BCUT2D eigenvalue weighted by molar-refractivity contribution is -0.147. The second-order valence-electron chi connectivity index (χ2n) is 14.0. The van der Waals surface area contributed by atoms with Gasteiger partial charge in [-0.1, -0.05) is 129 Å². The molecular formula is C38H73N3O5. The van der Waals surface area contributed by atoms with Gasteiger partial charge in [0.05, 0.1) is 13.0 Å². The average molecular weight is 652 g/mol. The fourth-order valence-corrected chi connectivity index (χ4v) is 5.41. The molecule has 0 unspecified atom stereocenters. The zero-order valence-electron chi connectivity index (χ0n) is 31.0. The van der Waals surface area contributed by atoms with Crippen LogP contribution in [0.4, 0.5) is 4.79 Å². The first-order chi connectivity index (χ1) is 22.1. The van der Waals surface area contributed by atoms with Gasteiger partial charge in [0, 0.05) is 19.0 Å². The summed E-state index contributed by atoms with van der Waals surface area (Å²) in [5.74, 6) is -0.376. The first-order valence-electron chi connectivity index (χ1n) is 19.0. The number of esters is 1. The molecule has 2 amide bonds. The van der Waals surface area contributed by atoms with E-state index in [0.29, 0.717) is 38.4 Å². The van der Waals surface area contributed by atoms with E-state index in [4.69, 9.17) is 9.47 Å². The summed E-state index contributed by atoms with van der Waals surface area (Å²) in [6, 6.07) is 0. The minimum absolute atomic E-state index is 0.0831. The van der Waals surface area contributed by atoms with Crippen molar-refractivity contribution in [2.75, 3.05) is 19.7 Å². The maximum atomic E-state index is 13.0. The normalized spacial score (nSPS) is 12.5. The highest BCUT2D eigenvalue weighted by molar-refractivity contribution is 5.93. The quantitative estimate of drug-likeness (QED) is 0.0362. The van der Waals surface area contributed by atoms with Crippen LogP contribution < -0.4 is 10.6 Å². The van der Waals surface area contributed by atoms with Gasteiger partial charge in [0.25, 0.3) is 0 Å². The van der Waals surface area contributed by atoms with Crippen LogP contribution in [0.2, 0.25) is 0 Å². The van der Waals surface area contributed by atoms with E-state index in [1.54, 1.807) is 6.92 Å². The Morgan fingerprint density at radius 2 is 1.15 bits per heavy atom. The highest BCUT2D eigenvalue weighted by atomic mass is 16.6. The van der Waals surface area contributed by atoms with Crippen molar-refractivity contribution in [1.29, 1.82) is 0 Å². The summed E-state index contributed by atoms with van der Waals surface area (Å²) in [7, 11) is 0. The zero-order chi connectivity index (χ0) is 34.3.